The van der Waals surface area contributed by atoms with Crippen molar-refractivity contribution in [2.24, 2.45) is 50.7 Å². The monoisotopic (exact) mass is 534 g/mol. The number of hydrogen-bond donors (Lipinski definition) is 0. The minimum Gasteiger partial charge on any atom is -0.388 e. The van der Waals surface area contributed by atoms with Crippen LogP contribution in [0.1, 0.15) is 129 Å². The van der Waals surface area contributed by atoms with E-state index in [9.17, 15) is 4.79 Å². The Bertz CT molecular complexity index is 1050. The third kappa shape index (κ3) is 4.69. The highest BCUT2D eigenvalue weighted by Gasteiger charge is 2.68. The maximum Gasteiger partial charge on any atom is 0.150 e. The normalized spacial score (nSPS) is 40.1. The zero-order chi connectivity index (χ0) is 28.9. The zero-order valence-electron chi connectivity index (χ0n) is 27.0. The van der Waals surface area contributed by atoms with E-state index in [1.807, 2.05) is 12.1 Å². The van der Waals surface area contributed by atoms with E-state index in [0.717, 1.165) is 29.6 Å². The maximum absolute atomic E-state index is 11.2. The maximum atomic E-state index is 11.2. The van der Waals surface area contributed by atoms with Crippen LogP contribution in [0.5, 0.6) is 0 Å². The van der Waals surface area contributed by atoms with Gasteiger partial charge in [0.15, 0.2) is 0 Å². The minimum atomic E-state index is 0.147. The number of methoxy groups -OCH3 is 1. The standard InChI is InChI=1S/C35H52O.C2H6O/c1-9-10-27-28-15-16-30-33(6)19-17-26(25-13-11-24(23-36)12-14-25)32(4,5)29(33)18-20-35(30,8)34(28,7)22-21-31(27,2)3;1-3-2/h11-14,17,23,27-30H,9-10,15-16,18-22H2,1-8H3;1-2H3/t27-,28?,29+,30-,33?,34-,35?;/m1./s1. The minimum absolute atomic E-state index is 0.147. The van der Waals surface area contributed by atoms with Gasteiger partial charge in [0.05, 0.1) is 0 Å². The molecule has 0 radical (unpaired) electrons. The molecule has 0 bridgehead atoms. The molecule has 3 fully saturated rings. The number of fused-ring (bicyclic) bond motifs is 5. The van der Waals surface area contributed by atoms with E-state index < -0.39 is 0 Å². The van der Waals surface area contributed by atoms with Crippen LogP contribution in [-0.4, -0.2) is 20.5 Å². The summed E-state index contributed by atoms with van der Waals surface area (Å²) in [6.07, 6.45) is 15.9. The third-order valence-electron chi connectivity index (χ3n) is 13.2. The fourth-order valence-corrected chi connectivity index (χ4v) is 11.1. The second kappa shape index (κ2) is 10.8. The largest absolute Gasteiger partial charge is 0.388 e. The first kappa shape index (κ1) is 30.5. The molecule has 1 aromatic rings. The summed E-state index contributed by atoms with van der Waals surface area (Å²) >= 11 is 0. The van der Waals surface area contributed by atoms with Gasteiger partial charge >= 0.3 is 0 Å². The van der Waals surface area contributed by atoms with Gasteiger partial charge in [0.25, 0.3) is 0 Å². The molecule has 3 unspecified atom stereocenters. The molecule has 218 valence electrons. The Kier molecular flexibility index (Phi) is 8.44. The Balaban J connectivity index is 0.00000112. The van der Waals surface area contributed by atoms with Crippen LogP contribution in [0.4, 0.5) is 0 Å². The highest BCUT2D eigenvalue weighted by Crippen LogP contribution is 2.76. The van der Waals surface area contributed by atoms with Crippen molar-refractivity contribution in [1.29, 1.82) is 0 Å². The Morgan fingerprint density at radius 3 is 2.08 bits per heavy atom. The predicted octanol–water partition coefficient (Wildman–Crippen LogP) is 10.3. The third-order valence-corrected chi connectivity index (χ3v) is 13.2. The van der Waals surface area contributed by atoms with E-state index in [1.165, 1.54) is 68.9 Å². The van der Waals surface area contributed by atoms with Crippen molar-refractivity contribution < 1.29 is 9.53 Å². The van der Waals surface area contributed by atoms with Gasteiger partial charge < -0.3 is 4.74 Å². The van der Waals surface area contributed by atoms with Gasteiger partial charge in [0, 0.05) is 19.8 Å². The number of benzene rings is 1. The van der Waals surface area contributed by atoms with Crippen molar-refractivity contribution in [3.63, 3.8) is 0 Å². The number of allylic oxidation sites excluding steroid dienone is 2. The number of rotatable bonds is 4. The van der Waals surface area contributed by atoms with Gasteiger partial charge in [0.1, 0.15) is 6.29 Å². The van der Waals surface area contributed by atoms with Gasteiger partial charge in [-0.2, -0.15) is 0 Å². The van der Waals surface area contributed by atoms with Gasteiger partial charge in [0.2, 0.25) is 0 Å². The van der Waals surface area contributed by atoms with E-state index in [4.69, 9.17) is 0 Å². The molecule has 0 saturated heterocycles. The molecular formula is C37H58O2. The van der Waals surface area contributed by atoms with Gasteiger partial charge in [-0.05, 0) is 113 Å². The molecule has 0 spiro atoms. The average molecular weight is 535 g/mol. The topological polar surface area (TPSA) is 26.3 Å². The summed E-state index contributed by atoms with van der Waals surface area (Å²) in [5.74, 6) is 3.29. The lowest BCUT2D eigenvalue weighted by Gasteiger charge is -2.72. The zero-order valence-corrected chi connectivity index (χ0v) is 27.0. The molecule has 0 heterocycles. The molecule has 0 N–H and O–H groups in total. The van der Waals surface area contributed by atoms with Gasteiger partial charge in [-0.25, -0.2) is 0 Å². The fraction of sp³-hybridized carbons (Fsp3) is 0.757. The predicted molar refractivity (Wildman–Crippen MR) is 166 cm³/mol. The average Bonchev–Trinajstić information content (AvgIpc) is 2.87. The molecule has 4 aliphatic rings. The molecule has 39 heavy (non-hydrogen) atoms. The number of ether oxygens (including phenoxy) is 1. The number of aldehydes is 1. The second-order valence-electron chi connectivity index (χ2n) is 15.7. The molecule has 4 aliphatic carbocycles. The summed E-state index contributed by atoms with van der Waals surface area (Å²) in [6.45, 7) is 20.8. The van der Waals surface area contributed by atoms with Crippen LogP contribution in [-0.2, 0) is 4.74 Å². The summed E-state index contributed by atoms with van der Waals surface area (Å²) in [4.78, 5) is 11.2. The van der Waals surface area contributed by atoms with Crippen molar-refractivity contribution in [1.82, 2.24) is 0 Å². The summed E-state index contributed by atoms with van der Waals surface area (Å²) in [6, 6.07) is 8.34. The lowest BCUT2D eigenvalue weighted by Crippen LogP contribution is -2.65. The highest BCUT2D eigenvalue weighted by molar-refractivity contribution is 5.78. The van der Waals surface area contributed by atoms with Crippen molar-refractivity contribution >= 4 is 11.9 Å². The Labute approximate surface area is 240 Å². The van der Waals surface area contributed by atoms with Gasteiger partial charge in [-0.1, -0.05) is 92.2 Å². The van der Waals surface area contributed by atoms with Crippen LogP contribution in [0.3, 0.4) is 0 Å². The second-order valence-corrected chi connectivity index (χ2v) is 15.7. The van der Waals surface area contributed by atoms with Crippen LogP contribution in [0.15, 0.2) is 30.3 Å². The molecule has 7 atom stereocenters. The van der Waals surface area contributed by atoms with Crippen LogP contribution < -0.4 is 0 Å². The van der Waals surface area contributed by atoms with Crippen LogP contribution in [0.25, 0.3) is 5.57 Å². The fourth-order valence-electron chi connectivity index (χ4n) is 11.1. The quantitative estimate of drug-likeness (QED) is 0.359. The van der Waals surface area contributed by atoms with Crippen molar-refractivity contribution in [3.05, 3.63) is 41.5 Å². The molecule has 3 saturated carbocycles. The summed E-state index contributed by atoms with van der Waals surface area (Å²) in [5, 5.41) is 0. The van der Waals surface area contributed by atoms with Crippen molar-refractivity contribution in [2.75, 3.05) is 14.2 Å². The first-order valence-electron chi connectivity index (χ1n) is 15.9. The Morgan fingerprint density at radius 1 is 0.846 bits per heavy atom. The van der Waals surface area contributed by atoms with E-state index >= 15 is 0 Å². The lowest BCUT2D eigenvalue weighted by atomic mass is 9.32. The van der Waals surface area contributed by atoms with E-state index in [1.54, 1.807) is 14.2 Å². The Morgan fingerprint density at radius 2 is 1.49 bits per heavy atom. The van der Waals surface area contributed by atoms with E-state index in [2.05, 4.69) is 78.3 Å². The van der Waals surface area contributed by atoms with Gasteiger partial charge in [-0.15, -0.1) is 0 Å². The molecule has 5 rings (SSSR count). The molecule has 1 aromatic carbocycles. The molecular weight excluding hydrogens is 476 g/mol. The summed E-state index contributed by atoms with van der Waals surface area (Å²) < 4.78 is 4.25. The van der Waals surface area contributed by atoms with Crippen LogP contribution in [0, 0.1) is 50.7 Å². The highest BCUT2D eigenvalue weighted by atomic mass is 16.4. The molecule has 2 nitrogen and oxygen atoms in total. The van der Waals surface area contributed by atoms with Crippen molar-refractivity contribution in [3.8, 4) is 0 Å². The van der Waals surface area contributed by atoms with Crippen LogP contribution >= 0.6 is 0 Å². The first-order valence-corrected chi connectivity index (χ1v) is 15.9. The summed E-state index contributed by atoms with van der Waals surface area (Å²) in [7, 11) is 3.25. The number of carbonyl (C=O) groups is 1. The van der Waals surface area contributed by atoms with E-state index in [-0.39, 0.29) is 5.41 Å². The van der Waals surface area contributed by atoms with Gasteiger partial charge in [-0.3, -0.25) is 4.79 Å². The number of hydrogen-bond acceptors (Lipinski definition) is 2. The molecule has 0 aliphatic heterocycles. The molecule has 0 amide bonds. The van der Waals surface area contributed by atoms with Crippen LogP contribution in [0.2, 0.25) is 0 Å². The number of carbonyl (C=O) groups excluding carboxylic acids is 1. The Hall–Kier alpha value is -1.41. The SMILES string of the molecule is CCC[C@@H]1C2CC[C@@H]3C4(C)CC=C(c5ccc(C=O)cc5)C(C)(C)[C@@H]4CCC3(C)[C@]2(C)CCC1(C)C.COC. The lowest BCUT2D eigenvalue weighted by molar-refractivity contribution is -0.224. The van der Waals surface area contributed by atoms with E-state index in [0.29, 0.717) is 27.6 Å². The van der Waals surface area contributed by atoms with Crippen molar-refractivity contribution in [2.45, 2.75) is 113 Å². The first-order chi connectivity index (χ1) is 18.3. The molecule has 0 aromatic heterocycles. The smallest absolute Gasteiger partial charge is 0.150 e. The molecule has 2 heteroatoms. The summed E-state index contributed by atoms with van der Waals surface area (Å²) in [5.41, 5.74) is 5.51.